The predicted molar refractivity (Wildman–Crippen MR) is 82.7 cm³/mol. The van der Waals surface area contributed by atoms with Crippen molar-refractivity contribution in [1.29, 1.82) is 0 Å². The first kappa shape index (κ1) is 18.6. The number of amides is 1. The summed E-state index contributed by atoms with van der Waals surface area (Å²) >= 11 is 0. The molecule has 0 spiro atoms. The quantitative estimate of drug-likeness (QED) is 0.524. The van der Waals surface area contributed by atoms with Crippen LogP contribution in [0.2, 0.25) is 0 Å². The second kappa shape index (κ2) is 6.66. The number of carbonyl (C=O) groups is 1. The summed E-state index contributed by atoms with van der Waals surface area (Å²) in [5.41, 5.74) is -1.55. The number of nitrogens with one attached hydrogen (secondary N) is 2. The van der Waals surface area contributed by atoms with Crippen LogP contribution in [0, 0.1) is 0 Å². The van der Waals surface area contributed by atoms with Crippen molar-refractivity contribution >= 4 is 25.9 Å². The van der Waals surface area contributed by atoms with Crippen molar-refractivity contribution in [2.45, 2.75) is 43.4 Å². The zero-order chi connectivity index (χ0) is 17.3. The number of sulfone groups is 1. The Bertz CT molecular complexity index is 654. The maximum Gasteiger partial charge on any atom is 0.226 e. The van der Waals surface area contributed by atoms with Gasteiger partial charge < -0.3 is 14.8 Å². The molecule has 2 heterocycles. The lowest BCUT2D eigenvalue weighted by atomic mass is 10.0. The Balaban J connectivity index is 1.99. The number of likely N-dealkylation sites (tertiary alicyclic amines) is 1. The van der Waals surface area contributed by atoms with E-state index in [1.807, 2.05) is 0 Å². The molecule has 0 aromatic rings. The highest BCUT2D eigenvalue weighted by Gasteiger charge is 2.51. The van der Waals surface area contributed by atoms with Crippen LogP contribution in [-0.2, 0) is 24.7 Å². The van der Waals surface area contributed by atoms with Gasteiger partial charge in [0.05, 0.1) is 48.3 Å². The molecule has 2 saturated heterocycles. The van der Waals surface area contributed by atoms with E-state index >= 15 is 0 Å². The lowest BCUT2D eigenvalue weighted by Crippen LogP contribution is -3.12. The molecule has 2 fully saturated rings. The van der Waals surface area contributed by atoms with Crippen LogP contribution < -0.4 is 10.2 Å². The van der Waals surface area contributed by atoms with E-state index in [1.54, 1.807) is 0 Å². The number of carbonyl (C=O) groups excluding carboxylic acids is 1. The van der Waals surface area contributed by atoms with Gasteiger partial charge in [-0.1, -0.05) is 0 Å². The standard InChI is InChI=1S/C13H24N2O6S2/c1-13(10-22(17,18)9-11(13)23(19,20)21)14-12(16)5-8-15-6-3-2-4-7-15/h11H,2-10H2,1H3,(H,14,16)(H,19,20,21)/t11-,13-/m1/s1. The molecular weight excluding hydrogens is 344 g/mol. The molecule has 0 aromatic heterocycles. The summed E-state index contributed by atoms with van der Waals surface area (Å²) in [5.74, 6) is -1.65. The molecule has 0 aromatic carbocycles. The van der Waals surface area contributed by atoms with Gasteiger partial charge in [0.1, 0.15) is 10.1 Å². The molecule has 1 amide bonds. The molecule has 2 atom stereocenters. The molecule has 0 radical (unpaired) electrons. The van der Waals surface area contributed by atoms with Gasteiger partial charge in [0, 0.05) is 0 Å². The van der Waals surface area contributed by atoms with Crippen LogP contribution in [-0.4, -0.2) is 69.2 Å². The van der Waals surface area contributed by atoms with Gasteiger partial charge in [-0.25, -0.2) is 16.8 Å². The molecular formula is C13H24N2O6S2. The Morgan fingerprint density at radius 3 is 2.48 bits per heavy atom. The molecule has 23 heavy (non-hydrogen) atoms. The minimum absolute atomic E-state index is 0.191. The normalized spacial score (nSPS) is 31.8. The minimum atomic E-state index is -4.81. The van der Waals surface area contributed by atoms with E-state index in [1.165, 1.54) is 18.2 Å². The third-order valence-electron chi connectivity index (χ3n) is 4.68. The molecule has 0 saturated carbocycles. The van der Waals surface area contributed by atoms with E-state index in [4.69, 9.17) is 0 Å². The van der Waals surface area contributed by atoms with Gasteiger partial charge in [0.2, 0.25) is 5.91 Å². The summed E-state index contributed by atoms with van der Waals surface area (Å²) in [6, 6.07) is 0. The first-order chi connectivity index (χ1) is 10.5. The monoisotopic (exact) mass is 368 g/mol. The lowest BCUT2D eigenvalue weighted by molar-refractivity contribution is -0.904. The zero-order valence-corrected chi connectivity index (χ0v) is 14.8. The van der Waals surface area contributed by atoms with Gasteiger partial charge in [-0.15, -0.1) is 0 Å². The molecule has 2 aliphatic heterocycles. The van der Waals surface area contributed by atoms with E-state index in [2.05, 4.69) is 5.32 Å². The van der Waals surface area contributed by atoms with Crippen molar-refractivity contribution in [3.63, 3.8) is 0 Å². The fourth-order valence-electron chi connectivity index (χ4n) is 3.51. The van der Waals surface area contributed by atoms with Gasteiger partial charge in [-0.2, -0.15) is 0 Å². The van der Waals surface area contributed by atoms with E-state index < -0.39 is 48.2 Å². The third kappa shape index (κ3) is 4.88. The smallest absolute Gasteiger partial charge is 0.226 e. The van der Waals surface area contributed by atoms with Crippen molar-refractivity contribution in [2.24, 2.45) is 0 Å². The first-order valence-electron chi connectivity index (χ1n) is 7.82. The second-order valence-electron chi connectivity index (χ2n) is 6.81. The van der Waals surface area contributed by atoms with E-state index in [0.717, 1.165) is 25.9 Å². The van der Waals surface area contributed by atoms with E-state index in [-0.39, 0.29) is 6.42 Å². The van der Waals surface area contributed by atoms with Crippen LogP contribution in [0.5, 0.6) is 0 Å². The Labute approximate surface area is 137 Å². The van der Waals surface area contributed by atoms with Crippen molar-refractivity contribution in [2.75, 3.05) is 31.1 Å². The van der Waals surface area contributed by atoms with Crippen molar-refractivity contribution in [3.8, 4) is 0 Å². The van der Waals surface area contributed by atoms with Gasteiger partial charge in [-0.05, 0) is 26.2 Å². The van der Waals surface area contributed by atoms with Crippen molar-refractivity contribution in [3.05, 3.63) is 0 Å². The molecule has 2 rings (SSSR count). The molecule has 2 aliphatic rings. The van der Waals surface area contributed by atoms with Crippen molar-refractivity contribution < 1.29 is 31.1 Å². The third-order valence-corrected chi connectivity index (χ3v) is 8.15. The SMILES string of the molecule is C[C@@]1(NC(=O)CC[NH+]2CCCCC2)CS(=O)(=O)C[C@H]1S(=O)(=O)[O-]. The highest BCUT2D eigenvalue weighted by Crippen LogP contribution is 2.28. The Hall–Kier alpha value is -0.710. The van der Waals surface area contributed by atoms with Gasteiger partial charge in [-0.3, -0.25) is 4.79 Å². The maximum absolute atomic E-state index is 12.1. The Morgan fingerprint density at radius 2 is 1.91 bits per heavy atom. The summed E-state index contributed by atoms with van der Waals surface area (Å²) in [6.07, 6.45) is 3.65. The van der Waals surface area contributed by atoms with Gasteiger partial charge in [0.15, 0.2) is 9.84 Å². The Kier molecular flexibility index (Phi) is 5.39. The zero-order valence-electron chi connectivity index (χ0n) is 13.2. The largest absolute Gasteiger partial charge is 0.748 e. The molecule has 10 heteroatoms. The highest BCUT2D eigenvalue weighted by molar-refractivity contribution is 7.94. The first-order valence-corrected chi connectivity index (χ1v) is 11.1. The fraction of sp³-hybridized carbons (Fsp3) is 0.923. The van der Waals surface area contributed by atoms with Crippen LogP contribution in [0.25, 0.3) is 0 Å². The number of hydrogen-bond acceptors (Lipinski definition) is 6. The predicted octanol–water partition coefficient (Wildman–Crippen LogP) is -2.34. The van der Waals surface area contributed by atoms with Crippen LogP contribution in [0.15, 0.2) is 0 Å². The average molecular weight is 368 g/mol. The summed E-state index contributed by atoms with van der Waals surface area (Å²) in [7, 11) is -8.48. The van der Waals surface area contributed by atoms with Gasteiger partial charge >= 0.3 is 0 Å². The summed E-state index contributed by atoms with van der Waals surface area (Å²) < 4.78 is 57.5. The van der Waals surface area contributed by atoms with E-state index in [0.29, 0.717) is 6.54 Å². The van der Waals surface area contributed by atoms with Gasteiger partial charge in [0.25, 0.3) is 0 Å². The van der Waals surface area contributed by atoms with Crippen molar-refractivity contribution in [1.82, 2.24) is 5.32 Å². The molecule has 8 nitrogen and oxygen atoms in total. The molecule has 134 valence electrons. The van der Waals surface area contributed by atoms with Crippen LogP contribution in [0.4, 0.5) is 0 Å². The molecule has 0 unspecified atom stereocenters. The number of rotatable bonds is 5. The average Bonchev–Trinajstić information content (AvgIpc) is 2.67. The minimum Gasteiger partial charge on any atom is -0.748 e. The second-order valence-corrected chi connectivity index (χ2v) is 10.5. The van der Waals surface area contributed by atoms with Crippen LogP contribution in [0.1, 0.15) is 32.6 Å². The number of hydrogen-bond donors (Lipinski definition) is 2. The van der Waals surface area contributed by atoms with Crippen LogP contribution >= 0.6 is 0 Å². The fourth-order valence-corrected chi connectivity index (χ4v) is 7.82. The van der Waals surface area contributed by atoms with Crippen LogP contribution in [0.3, 0.4) is 0 Å². The molecule has 0 aliphatic carbocycles. The summed E-state index contributed by atoms with van der Waals surface area (Å²) in [6.45, 7) is 3.97. The summed E-state index contributed by atoms with van der Waals surface area (Å²) in [5, 5.41) is 0.863. The highest BCUT2D eigenvalue weighted by atomic mass is 32.2. The topological polar surface area (TPSA) is 125 Å². The molecule has 0 bridgehead atoms. The summed E-state index contributed by atoms with van der Waals surface area (Å²) in [4.78, 5) is 13.4. The van der Waals surface area contributed by atoms with E-state index in [9.17, 15) is 26.2 Å². The lowest BCUT2D eigenvalue weighted by Gasteiger charge is -2.32. The number of piperidine rings is 1. The maximum atomic E-state index is 12.1. The molecule has 2 N–H and O–H groups in total. The number of quaternary nitrogens is 1. The Morgan fingerprint density at radius 1 is 1.30 bits per heavy atom.